The second kappa shape index (κ2) is 15.6. The van der Waals surface area contributed by atoms with Crippen molar-refractivity contribution in [2.45, 2.75) is 117 Å². The van der Waals surface area contributed by atoms with Gasteiger partial charge in [-0.15, -0.1) is 0 Å². The van der Waals surface area contributed by atoms with Crippen molar-refractivity contribution in [3.8, 4) is 23.0 Å². The summed E-state index contributed by atoms with van der Waals surface area (Å²) in [4.78, 5) is 0. The number of benzene rings is 4. The zero-order chi connectivity index (χ0) is 39.1. The minimum atomic E-state index is -0.163. The van der Waals surface area contributed by atoms with Gasteiger partial charge in [-0.25, -0.2) is 0 Å². The highest BCUT2D eigenvalue weighted by Crippen LogP contribution is 2.70. The summed E-state index contributed by atoms with van der Waals surface area (Å²) in [5.41, 5.74) is 18.5. The topological polar surface area (TPSA) is 70.5 Å². The van der Waals surface area contributed by atoms with E-state index in [0.717, 1.165) is 65.4 Å². The molecule has 0 aliphatic heterocycles. The van der Waals surface area contributed by atoms with E-state index in [9.17, 15) is 0 Å². The molecule has 4 aliphatic carbocycles. The second-order valence-electron chi connectivity index (χ2n) is 19.3. The molecule has 4 fully saturated rings. The molecule has 4 aromatic rings. The number of anilines is 2. The lowest BCUT2D eigenvalue weighted by Crippen LogP contribution is -2.55. The third-order valence-electron chi connectivity index (χ3n) is 15.9. The van der Waals surface area contributed by atoms with Crippen LogP contribution in [0, 0.1) is 46.3 Å². The highest BCUT2D eigenvalue weighted by atomic mass is 16.5. The number of nitrogens with two attached hydrogens (primary N) is 2. The number of fused-ring (bicyclic) bond motifs is 5. The summed E-state index contributed by atoms with van der Waals surface area (Å²) < 4.78 is 13.0. The molecule has 4 heteroatoms. The smallest absolute Gasteiger partial charge is 0.129 e. The fourth-order valence-electron chi connectivity index (χ4n) is 13.1. The fourth-order valence-corrected chi connectivity index (χ4v) is 13.1. The quantitative estimate of drug-likeness (QED) is 0.0910. The molecule has 8 unspecified atom stereocenters. The molecule has 4 nitrogen and oxygen atoms in total. The standard InChI is InChI=1S/C52H66N2O2/c1-35(2)12-6-7-13-36(3)47-24-25-48-46-23-22-39-34-52(29-28-50(39,4)49(46)26-27-51(47,48)5,37-14-8-18-42(30-37)55-44-20-10-16-40(53)32-44)38-15-9-19-43(31-38)56-45-21-11-17-41(54)33-45/h8-12,14-21,30-33,36,39,46-49H,6-7,13,22-29,34,53-54H2,1-5H3. The first-order valence-corrected chi connectivity index (χ1v) is 21.9. The van der Waals surface area contributed by atoms with Crippen LogP contribution in [0.2, 0.25) is 0 Å². The molecule has 0 bridgehead atoms. The van der Waals surface area contributed by atoms with E-state index in [-0.39, 0.29) is 5.41 Å². The van der Waals surface area contributed by atoms with Gasteiger partial charge in [-0.3, -0.25) is 0 Å². The largest absolute Gasteiger partial charge is 0.457 e. The molecule has 4 aliphatic rings. The number of hydrogen-bond donors (Lipinski definition) is 2. The van der Waals surface area contributed by atoms with Crippen LogP contribution in [0.15, 0.2) is 109 Å². The van der Waals surface area contributed by atoms with Crippen LogP contribution in [0.1, 0.15) is 123 Å². The van der Waals surface area contributed by atoms with Crippen LogP contribution < -0.4 is 20.9 Å². The van der Waals surface area contributed by atoms with E-state index >= 15 is 0 Å². The number of ether oxygens (including phenoxy) is 2. The van der Waals surface area contributed by atoms with E-state index in [1.807, 2.05) is 48.5 Å². The number of rotatable bonds is 11. The molecular weight excluding hydrogens is 685 g/mol. The predicted octanol–water partition coefficient (Wildman–Crippen LogP) is 14.2. The molecule has 4 aromatic carbocycles. The van der Waals surface area contributed by atoms with Crippen LogP contribution in [0.3, 0.4) is 0 Å². The van der Waals surface area contributed by atoms with Crippen LogP contribution in [0.25, 0.3) is 0 Å². The molecule has 0 amide bonds. The first-order chi connectivity index (χ1) is 27.0. The van der Waals surface area contributed by atoms with Gasteiger partial charge < -0.3 is 20.9 Å². The minimum Gasteiger partial charge on any atom is -0.457 e. The van der Waals surface area contributed by atoms with Crippen molar-refractivity contribution < 1.29 is 9.47 Å². The summed E-state index contributed by atoms with van der Waals surface area (Å²) in [6.45, 7) is 12.5. The van der Waals surface area contributed by atoms with Gasteiger partial charge in [0, 0.05) is 28.9 Å². The normalized spacial score (nSPS) is 29.6. The molecule has 0 heterocycles. The molecule has 56 heavy (non-hydrogen) atoms. The van der Waals surface area contributed by atoms with Gasteiger partial charge in [0.1, 0.15) is 23.0 Å². The summed E-state index contributed by atoms with van der Waals surface area (Å²) in [5.74, 6) is 8.18. The van der Waals surface area contributed by atoms with E-state index in [4.69, 9.17) is 20.9 Å². The molecule has 8 atom stereocenters. The van der Waals surface area contributed by atoms with Crippen molar-refractivity contribution in [1.82, 2.24) is 0 Å². The summed E-state index contributed by atoms with van der Waals surface area (Å²) in [6.07, 6.45) is 18.3. The Morgan fingerprint density at radius 2 is 1.25 bits per heavy atom. The SMILES string of the molecule is CC(C)=CCCCC(C)C1CCC2C3CCC4CC(c5cccc(Oc6cccc(N)c6)c5)(c5cccc(Oc6cccc(N)c6)c5)CCC4(C)C3CCC12C. The highest BCUT2D eigenvalue weighted by molar-refractivity contribution is 5.50. The summed E-state index contributed by atoms with van der Waals surface area (Å²) in [6, 6.07) is 33.3. The minimum absolute atomic E-state index is 0.163. The van der Waals surface area contributed by atoms with Crippen LogP contribution >= 0.6 is 0 Å². The zero-order valence-electron chi connectivity index (χ0n) is 34.7. The number of unbranched alkanes of at least 4 members (excludes halogenated alkanes) is 1. The maximum Gasteiger partial charge on any atom is 0.129 e. The lowest BCUT2D eigenvalue weighted by Gasteiger charge is -2.63. The van der Waals surface area contributed by atoms with Crippen LogP contribution in [0.4, 0.5) is 11.4 Å². The average molecular weight is 751 g/mol. The Morgan fingerprint density at radius 1 is 0.679 bits per heavy atom. The molecule has 0 aromatic heterocycles. The van der Waals surface area contributed by atoms with E-state index in [0.29, 0.717) is 28.1 Å². The highest BCUT2D eigenvalue weighted by Gasteiger charge is 2.62. The van der Waals surface area contributed by atoms with Crippen LogP contribution in [-0.4, -0.2) is 0 Å². The lowest BCUT2D eigenvalue weighted by atomic mass is 9.42. The molecule has 4 N–H and O–H groups in total. The average Bonchev–Trinajstić information content (AvgIpc) is 3.54. The van der Waals surface area contributed by atoms with Crippen molar-refractivity contribution in [2.75, 3.05) is 11.5 Å². The zero-order valence-corrected chi connectivity index (χ0v) is 34.7. The third kappa shape index (κ3) is 7.38. The van der Waals surface area contributed by atoms with Gasteiger partial charge in [-0.1, -0.05) is 75.2 Å². The van der Waals surface area contributed by atoms with Crippen molar-refractivity contribution in [2.24, 2.45) is 46.3 Å². The molecular formula is C52H66N2O2. The van der Waals surface area contributed by atoms with Crippen LogP contribution in [0.5, 0.6) is 23.0 Å². The Hall–Kier alpha value is -4.18. The first-order valence-electron chi connectivity index (χ1n) is 21.9. The summed E-state index contributed by atoms with van der Waals surface area (Å²) in [7, 11) is 0. The third-order valence-corrected chi connectivity index (χ3v) is 15.9. The van der Waals surface area contributed by atoms with Gasteiger partial charge in [0.2, 0.25) is 0 Å². The number of hydrogen-bond acceptors (Lipinski definition) is 4. The Bertz CT molecular complexity index is 1940. The Balaban J connectivity index is 1.08. The second-order valence-corrected chi connectivity index (χ2v) is 19.3. The summed E-state index contributed by atoms with van der Waals surface area (Å²) in [5, 5.41) is 0. The Morgan fingerprint density at radius 3 is 1.84 bits per heavy atom. The molecule has 296 valence electrons. The van der Waals surface area contributed by atoms with Crippen molar-refractivity contribution >= 4 is 11.4 Å². The van der Waals surface area contributed by atoms with Crippen LogP contribution in [-0.2, 0) is 5.41 Å². The molecule has 8 rings (SSSR count). The first kappa shape index (κ1) is 38.7. The van der Waals surface area contributed by atoms with E-state index in [1.54, 1.807) is 0 Å². The van der Waals surface area contributed by atoms with Crippen molar-refractivity contribution in [3.63, 3.8) is 0 Å². The molecule has 0 spiro atoms. The van der Waals surface area contributed by atoms with Gasteiger partial charge in [0.05, 0.1) is 0 Å². The maximum atomic E-state index is 6.48. The monoisotopic (exact) mass is 751 g/mol. The summed E-state index contributed by atoms with van der Waals surface area (Å²) >= 11 is 0. The fraction of sp³-hybridized carbons (Fsp3) is 0.500. The van der Waals surface area contributed by atoms with Gasteiger partial charge >= 0.3 is 0 Å². The molecule has 0 saturated heterocycles. The van der Waals surface area contributed by atoms with E-state index in [1.165, 1.54) is 80.9 Å². The molecule has 4 saturated carbocycles. The van der Waals surface area contributed by atoms with Gasteiger partial charge in [-0.2, -0.15) is 0 Å². The van der Waals surface area contributed by atoms with Gasteiger partial charge in [-0.05, 0) is 190 Å². The number of nitrogen functional groups attached to an aromatic ring is 2. The van der Waals surface area contributed by atoms with Crippen molar-refractivity contribution in [3.05, 3.63) is 120 Å². The predicted molar refractivity (Wildman–Crippen MR) is 233 cm³/mol. The van der Waals surface area contributed by atoms with Gasteiger partial charge in [0.15, 0.2) is 0 Å². The Kier molecular flexibility index (Phi) is 10.8. The van der Waals surface area contributed by atoms with Gasteiger partial charge in [0.25, 0.3) is 0 Å². The maximum absolute atomic E-state index is 6.48. The lowest BCUT2D eigenvalue weighted by molar-refractivity contribution is -0.122. The van der Waals surface area contributed by atoms with E-state index in [2.05, 4.69) is 89.2 Å². The Labute approximate surface area is 337 Å². The number of allylic oxidation sites excluding steroid dienone is 2. The van der Waals surface area contributed by atoms with Crippen molar-refractivity contribution in [1.29, 1.82) is 0 Å². The van der Waals surface area contributed by atoms with E-state index < -0.39 is 0 Å². The molecule has 0 radical (unpaired) electrons.